The summed E-state index contributed by atoms with van der Waals surface area (Å²) in [5.41, 5.74) is 0.672. The number of imidazole rings is 1. The molecule has 180 valence electrons. The largest absolute Gasteiger partial charge is 0.492 e. The summed E-state index contributed by atoms with van der Waals surface area (Å²) in [5.74, 6) is -0.239. The topological polar surface area (TPSA) is 90.4 Å². The third-order valence-electron chi connectivity index (χ3n) is 5.95. The zero-order valence-corrected chi connectivity index (χ0v) is 18.7. The summed E-state index contributed by atoms with van der Waals surface area (Å²) in [6, 6.07) is 7.42. The number of hydrogen-bond donors (Lipinski definition) is 1. The van der Waals surface area contributed by atoms with Crippen molar-refractivity contribution < 1.29 is 23.0 Å². The maximum absolute atomic E-state index is 13.9. The van der Waals surface area contributed by atoms with E-state index in [1.807, 2.05) is 6.07 Å². The molecule has 0 aliphatic carbocycles. The molecule has 34 heavy (non-hydrogen) atoms. The second kappa shape index (κ2) is 9.97. The van der Waals surface area contributed by atoms with Crippen LogP contribution < -0.4 is 4.74 Å². The molecule has 3 heterocycles. The van der Waals surface area contributed by atoms with Crippen LogP contribution in [0.3, 0.4) is 0 Å². The van der Waals surface area contributed by atoms with Crippen molar-refractivity contribution in [1.29, 1.82) is 5.26 Å². The number of aliphatic hydroxyl groups excluding tert-OH is 1. The summed E-state index contributed by atoms with van der Waals surface area (Å²) in [5, 5.41) is 18.4. The van der Waals surface area contributed by atoms with Gasteiger partial charge >= 0.3 is 6.18 Å². The van der Waals surface area contributed by atoms with Crippen molar-refractivity contribution in [3.8, 4) is 23.1 Å². The fourth-order valence-electron chi connectivity index (χ4n) is 4.05. The molecule has 8 nitrogen and oxygen atoms in total. The standard InChI is InChI=1S/C23H25F3N6O2/c1-30-15-28-22-19(14-27)29-18(13-20(22)30)16-2-3-21(17(12-16)23(24,25)26)34-11-9-32-6-4-31(5-7-32)8-10-33/h2-3,12-13,15,33H,4-11H2,1H3. The van der Waals surface area contributed by atoms with Gasteiger partial charge in [0.25, 0.3) is 0 Å². The molecule has 1 aliphatic heterocycles. The Morgan fingerprint density at radius 1 is 1.12 bits per heavy atom. The highest BCUT2D eigenvalue weighted by Crippen LogP contribution is 2.39. The number of hydrogen-bond acceptors (Lipinski definition) is 7. The van der Waals surface area contributed by atoms with Gasteiger partial charge in [0.05, 0.1) is 29.7 Å². The van der Waals surface area contributed by atoms with E-state index < -0.39 is 11.7 Å². The minimum Gasteiger partial charge on any atom is -0.492 e. The molecule has 1 N–H and O–H groups in total. The number of ether oxygens (including phenoxy) is 1. The normalized spacial score (nSPS) is 15.5. The minimum atomic E-state index is -4.62. The molecule has 1 aliphatic rings. The van der Waals surface area contributed by atoms with Crippen LogP contribution in [0.15, 0.2) is 30.6 Å². The van der Waals surface area contributed by atoms with Gasteiger partial charge in [0.2, 0.25) is 0 Å². The molecule has 3 aromatic rings. The molecule has 2 aromatic heterocycles. The first-order valence-corrected chi connectivity index (χ1v) is 10.9. The Morgan fingerprint density at radius 3 is 2.47 bits per heavy atom. The molecule has 0 bridgehead atoms. The van der Waals surface area contributed by atoms with Gasteiger partial charge < -0.3 is 14.4 Å². The molecule has 1 aromatic carbocycles. The van der Waals surface area contributed by atoms with Gasteiger partial charge in [-0.05, 0) is 24.3 Å². The molecule has 4 rings (SSSR count). The first kappa shape index (κ1) is 23.9. The average molecular weight is 474 g/mol. The summed E-state index contributed by atoms with van der Waals surface area (Å²) >= 11 is 0. The molecule has 1 fully saturated rings. The highest BCUT2D eigenvalue weighted by atomic mass is 19.4. The van der Waals surface area contributed by atoms with E-state index in [2.05, 4.69) is 19.8 Å². The quantitative estimate of drug-likeness (QED) is 0.563. The number of benzene rings is 1. The van der Waals surface area contributed by atoms with Gasteiger partial charge in [0, 0.05) is 51.9 Å². The van der Waals surface area contributed by atoms with Crippen LogP contribution in [0.25, 0.3) is 22.3 Å². The van der Waals surface area contributed by atoms with E-state index in [-0.39, 0.29) is 35.9 Å². The molecule has 0 amide bonds. The monoisotopic (exact) mass is 474 g/mol. The number of nitriles is 1. The lowest BCUT2D eigenvalue weighted by Crippen LogP contribution is -2.48. The van der Waals surface area contributed by atoms with Gasteiger partial charge in [-0.1, -0.05) is 0 Å². The summed E-state index contributed by atoms with van der Waals surface area (Å²) in [4.78, 5) is 12.6. The molecular formula is C23H25F3N6O2. The van der Waals surface area contributed by atoms with Gasteiger partial charge in [-0.2, -0.15) is 18.4 Å². The zero-order chi connectivity index (χ0) is 24.3. The second-order valence-electron chi connectivity index (χ2n) is 8.16. The predicted molar refractivity (Wildman–Crippen MR) is 119 cm³/mol. The van der Waals surface area contributed by atoms with Crippen molar-refractivity contribution >= 4 is 11.0 Å². The van der Waals surface area contributed by atoms with Crippen LogP contribution in [0.2, 0.25) is 0 Å². The van der Waals surface area contributed by atoms with Gasteiger partial charge in [-0.3, -0.25) is 9.80 Å². The lowest BCUT2D eigenvalue weighted by atomic mass is 10.1. The maximum atomic E-state index is 13.9. The van der Waals surface area contributed by atoms with Crippen LogP contribution in [0.4, 0.5) is 13.2 Å². The number of alkyl halides is 3. The van der Waals surface area contributed by atoms with Crippen molar-refractivity contribution in [3.63, 3.8) is 0 Å². The number of aryl methyl sites for hydroxylation is 1. The van der Waals surface area contributed by atoms with Crippen molar-refractivity contribution in [2.45, 2.75) is 6.18 Å². The van der Waals surface area contributed by atoms with Gasteiger partial charge in [-0.15, -0.1) is 0 Å². The van der Waals surface area contributed by atoms with Crippen molar-refractivity contribution in [2.75, 3.05) is 52.5 Å². The molecule has 1 saturated heterocycles. The summed E-state index contributed by atoms with van der Waals surface area (Å²) in [6.07, 6.45) is -3.09. The van der Waals surface area contributed by atoms with Crippen LogP contribution in [0, 0.1) is 11.3 Å². The first-order valence-electron chi connectivity index (χ1n) is 10.9. The molecule has 0 spiro atoms. The molecule has 0 radical (unpaired) electrons. The zero-order valence-electron chi connectivity index (χ0n) is 18.7. The Kier molecular flexibility index (Phi) is 7.02. The summed E-state index contributed by atoms with van der Waals surface area (Å²) in [7, 11) is 1.74. The predicted octanol–water partition coefficient (Wildman–Crippen LogP) is 2.51. The smallest absolute Gasteiger partial charge is 0.419 e. The van der Waals surface area contributed by atoms with Crippen molar-refractivity contribution in [3.05, 3.63) is 41.9 Å². The highest BCUT2D eigenvalue weighted by molar-refractivity contribution is 5.84. The second-order valence-corrected chi connectivity index (χ2v) is 8.16. The first-order chi connectivity index (χ1) is 16.3. The van der Waals surface area contributed by atoms with E-state index in [1.54, 1.807) is 17.7 Å². The van der Waals surface area contributed by atoms with Crippen LogP contribution in [0.5, 0.6) is 5.75 Å². The van der Waals surface area contributed by atoms with Crippen molar-refractivity contribution in [2.24, 2.45) is 7.05 Å². The molecule has 0 atom stereocenters. The van der Waals surface area contributed by atoms with Gasteiger partial charge in [0.1, 0.15) is 23.9 Å². The van der Waals surface area contributed by atoms with Crippen LogP contribution in [-0.2, 0) is 13.2 Å². The number of aromatic nitrogens is 3. The Labute approximate surface area is 194 Å². The number of fused-ring (bicyclic) bond motifs is 1. The van der Waals surface area contributed by atoms with Gasteiger partial charge in [0.15, 0.2) is 5.69 Å². The number of aliphatic hydroxyl groups is 1. The fraction of sp³-hybridized carbons (Fsp3) is 0.435. The van der Waals surface area contributed by atoms with Gasteiger partial charge in [-0.25, -0.2) is 9.97 Å². The summed E-state index contributed by atoms with van der Waals surface area (Å²) < 4.78 is 48.8. The Bertz CT molecular complexity index is 1200. The van der Waals surface area contributed by atoms with E-state index in [0.717, 1.165) is 32.2 Å². The number of pyridine rings is 1. The Morgan fingerprint density at radius 2 is 1.82 bits per heavy atom. The van der Waals surface area contributed by atoms with Crippen molar-refractivity contribution in [1.82, 2.24) is 24.3 Å². The molecule has 11 heteroatoms. The molecular weight excluding hydrogens is 449 g/mol. The van der Waals surface area contributed by atoms with E-state index in [0.29, 0.717) is 24.1 Å². The number of halogens is 3. The SMILES string of the molecule is Cn1cnc2c(C#N)nc(-c3ccc(OCCN4CCN(CCO)CC4)c(C(F)(F)F)c3)cc21. The minimum absolute atomic E-state index is 0.0565. The van der Waals surface area contributed by atoms with Crippen LogP contribution >= 0.6 is 0 Å². The average Bonchev–Trinajstić information content (AvgIpc) is 3.20. The highest BCUT2D eigenvalue weighted by Gasteiger charge is 2.35. The summed E-state index contributed by atoms with van der Waals surface area (Å²) in [6.45, 7) is 4.54. The maximum Gasteiger partial charge on any atom is 0.419 e. The number of nitrogens with zero attached hydrogens (tertiary/aromatic N) is 6. The molecule has 0 saturated carbocycles. The lowest BCUT2D eigenvalue weighted by molar-refractivity contribution is -0.138. The van der Waals surface area contributed by atoms with E-state index in [4.69, 9.17) is 9.84 Å². The van der Waals surface area contributed by atoms with Crippen LogP contribution in [0.1, 0.15) is 11.3 Å². The fourth-order valence-corrected chi connectivity index (χ4v) is 4.05. The number of piperazine rings is 1. The van der Waals surface area contributed by atoms with E-state index in [1.165, 1.54) is 18.5 Å². The Hall–Kier alpha value is -3.20. The van der Waals surface area contributed by atoms with Crippen LogP contribution in [-0.4, -0.2) is 81.9 Å². The lowest BCUT2D eigenvalue weighted by Gasteiger charge is -2.34. The van der Waals surface area contributed by atoms with E-state index >= 15 is 0 Å². The molecule has 0 unspecified atom stereocenters. The Balaban J connectivity index is 1.52. The third-order valence-corrected chi connectivity index (χ3v) is 5.95. The third kappa shape index (κ3) is 5.14. The number of rotatable bonds is 7. The number of β-amino-alcohol motifs (C(OH)–C–C–N with tert-alkyl or cyclic N) is 1. The van der Waals surface area contributed by atoms with E-state index in [9.17, 15) is 18.4 Å².